The number of nitrogens with zero attached hydrogens (tertiary/aromatic N) is 5. The van der Waals surface area contributed by atoms with Crippen molar-refractivity contribution >= 4 is 22.8 Å². The van der Waals surface area contributed by atoms with Crippen LogP contribution in [0, 0.1) is 11.3 Å². The van der Waals surface area contributed by atoms with Crippen LogP contribution < -0.4 is 4.90 Å². The van der Waals surface area contributed by atoms with Gasteiger partial charge in [0.25, 0.3) is 0 Å². The molecular formula is C19H23N5O. The van der Waals surface area contributed by atoms with Gasteiger partial charge in [-0.2, -0.15) is 5.26 Å². The van der Waals surface area contributed by atoms with Crippen molar-refractivity contribution in [1.82, 2.24) is 14.8 Å². The molecule has 0 bridgehead atoms. The maximum Gasteiger partial charge on any atom is 0.319 e. The summed E-state index contributed by atoms with van der Waals surface area (Å²) in [5, 5.41) is 10.5. The Morgan fingerprint density at radius 1 is 1.24 bits per heavy atom. The molecule has 0 saturated carbocycles. The number of carbonyl (C=O) groups excluding carboxylic acids is 1. The van der Waals surface area contributed by atoms with E-state index in [1.807, 2.05) is 42.3 Å². The Hall–Kier alpha value is -2.81. The molecule has 130 valence electrons. The summed E-state index contributed by atoms with van der Waals surface area (Å²) in [6.07, 6.45) is 1.74. The number of amides is 2. The molecule has 1 fully saturated rings. The van der Waals surface area contributed by atoms with Crippen LogP contribution in [0.25, 0.3) is 10.9 Å². The number of fused-ring (bicyclic) bond motifs is 1. The van der Waals surface area contributed by atoms with Gasteiger partial charge in [0, 0.05) is 45.7 Å². The first-order valence-corrected chi connectivity index (χ1v) is 8.50. The summed E-state index contributed by atoms with van der Waals surface area (Å²) in [5.74, 6) is 0.751. The Morgan fingerprint density at radius 2 is 1.92 bits per heavy atom. The minimum Gasteiger partial charge on any atom is -0.355 e. The lowest BCUT2D eigenvalue weighted by Crippen LogP contribution is -2.48. The molecule has 1 aliphatic heterocycles. The predicted octanol–water partition coefficient (Wildman–Crippen LogP) is 2.69. The molecule has 1 aromatic carbocycles. The van der Waals surface area contributed by atoms with Crippen LogP contribution in [-0.4, -0.2) is 61.1 Å². The highest BCUT2D eigenvalue weighted by molar-refractivity contribution is 5.83. The smallest absolute Gasteiger partial charge is 0.319 e. The number of aromatic nitrogens is 1. The zero-order chi connectivity index (χ0) is 18.0. The Balaban J connectivity index is 1.78. The Morgan fingerprint density at radius 3 is 2.56 bits per heavy atom. The van der Waals surface area contributed by atoms with Gasteiger partial charge in [0.1, 0.15) is 11.9 Å². The third-order valence-corrected chi connectivity index (χ3v) is 4.82. The third-order valence-electron chi connectivity index (χ3n) is 4.82. The van der Waals surface area contributed by atoms with Crippen molar-refractivity contribution in [2.24, 2.45) is 0 Å². The highest BCUT2D eigenvalue weighted by Gasteiger charge is 2.27. The van der Waals surface area contributed by atoms with Gasteiger partial charge in [-0.3, -0.25) is 0 Å². The van der Waals surface area contributed by atoms with E-state index in [0.717, 1.165) is 42.7 Å². The number of rotatable bonds is 2. The summed E-state index contributed by atoms with van der Waals surface area (Å²) in [6, 6.07) is 12.3. The molecule has 3 rings (SSSR count). The molecular weight excluding hydrogens is 314 g/mol. The summed E-state index contributed by atoms with van der Waals surface area (Å²) in [5.41, 5.74) is 1.51. The van der Waals surface area contributed by atoms with Crippen LogP contribution in [0.3, 0.4) is 0 Å². The fourth-order valence-electron chi connectivity index (χ4n) is 3.37. The van der Waals surface area contributed by atoms with Gasteiger partial charge >= 0.3 is 6.03 Å². The number of para-hydroxylation sites is 1. The summed E-state index contributed by atoms with van der Waals surface area (Å²) in [4.78, 5) is 22.4. The molecule has 0 radical (unpaired) electrons. The maximum absolute atomic E-state index is 12.1. The molecule has 0 aliphatic carbocycles. The number of benzene rings is 1. The lowest BCUT2D eigenvalue weighted by Gasteiger charge is -2.38. The summed E-state index contributed by atoms with van der Waals surface area (Å²) >= 11 is 0. The van der Waals surface area contributed by atoms with Crippen LogP contribution in [0.15, 0.2) is 30.3 Å². The molecule has 0 N–H and O–H groups in total. The number of piperidine rings is 1. The number of hydrogen-bond acceptors (Lipinski definition) is 4. The second-order valence-corrected chi connectivity index (χ2v) is 6.67. The lowest BCUT2D eigenvalue weighted by molar-refractivity contribution is 0.155. The lowest BCUT2D eigenvalue weighted by atomic mass is 10.0. The van der Waals surface area contributed by atoms with E-state index in [9.17, 15) is 10.1 Å². The van der Waals surface area contributed by atoms with Gasteiger partial charge in [-0.15, -0.1) is 0 Å². The molecule has 2 heterocycles. The van der Waals surface area contributed by atoms with Crippen molar-refractivity contribution in [3.8, 4) is 6.07 Å². The minimum atomic E-state index is 0.0278. The molecule has 1 aliphatic rings. The van der Waals surface area contributed by atoms with Gasteiger partial charge in [-0.05, 0) is 25.0 Å². The first-order chi connectivity index (χ1) is 12.0. The zero-order valence-corrected chi connectivity index (χ0v) is 14.9. The van der Waals surface area contributed by atoms with Crippen LogP contribution in [0.2, 0.25) is 0 Å². The highest BCUT2D eigenvalue weighted by Crippen LogP contribution is 2.27. The van der Waals surface area contributed by atoms with Crippen LogP contribution >= 0.6 is 0 Å². The topological polar surface area (TPSA) is 63.5 Å². The molecule has 0 atom stereocenters. The average molecular weight is 337 g/mol. The fraction of sp³-hybridized carbons (Fsp3) is 0.421. The molecule has 1 saturated heterocycles. The molecule has 2 amide bonds. The number of urea groups is 1. The SMILES string of the molecule is CN(C)C(=O)N(C)C1CCN(c2nc3ccccc3cc2C#N)CC1. The van der Waals surface area contributed by atoms with Gasteiger partial charge in [-0.1, -0.05) is 18.2 Å². The maximum atomic E-state index is 12.1. The molecule has 0 spiro atoms. The zero-order valence-electron chi connectivity index (χ0n) is 14.9. The van der Waals surface area contributed by atoms with Crippen molar-refractivity contribution in [2.45, 2.75) is 18.9 Å². The van der Waals surface area contributed by atoms with E-state index < -0.39 is 0 Å². The Bertz CT molecular complexity index is 818. The van der Waals surface area contributed by atoms with Crippen LogP contribution in [0.5, 0.6) is 0 Å². The molecule has 6 nitrogen and oxygen atoms in total. The summed E-state index contributed by atoms with van der Waals surface area (Å²) in [6.45, 7) is 1.57. The number of anilines is 1. The van der Waals surface area contributed by atoms with Crippen molar-refractivity contribution in [3.63, 3.8) is 0 Å². The van der Waals surface area contributed by atoms with Crippen LogP contribution in [0.4, 0.5) is 10.6 Å². The van der Waals surface area contributed by atoms with E-state index in [4.69, 9.17) is 4.98 Å². The Kier molecular flexibility index (Phi) is 4.75. The van der Waals surface area contributed by atoms with E-state index in [1.165, 1.54) is 0 Å². The number of nitriles is 1. The molecule has 0 unspecified atom stereocenters. The minimum absolute atomic E-state index is 0.0278. The number of pyridine rings is 1. The highest BCUT2D eigenvalue weighted by atomic mass is 16.2. The van der Waals surface area contributed by atoms with Crippen molar-refractivity contribution in [1.29, 1.82) is 5.26 Å². The fourth-order valence-corrected chi connectivity index (χ4v) is 3.37. The Labute approximate surface area is 148 Å². The molecule has 1 aromatic heterocycles. The second-order valence-electron chi connectivity index (χ2n) is 6.67. The first kappa shape index (κ1) is 17.0. The quantitative estimate of drug-likeness (QED) is 0.845. The van der Waals surface area contributed by atoms with Crippen molar-refractivity contribution in [2.75, 3.05) is 39.1 Å². The number of carbonyl (C=O) groups is 1. The van der Waals surface area contributed by atoms with Gasteiger partial charge in [0.05, 0.1) is 11.1 Å². The standard InChI is InChI=1S/C19H23N5O/c1-22(2)19(25)23(3)16-8-10-24(11-9-16)18-15(13-20)12-14-6-4-5-7-17(14)21-18/h4-7,12,16H,8-11H2,1-3H3. The third kappa shape index (κ3) is 3.36. The first-order valence-electron chi connectivity index (χ1n) is 8.50. The summed E-state index contributed by atoms with van der Waals surface area (Å²) in [7, 11) is 5.40. The van der Waals surface area contributed by atoms with Gasteiger partial charge < -0.3 is 14.7 Å². The van der Waals surface area contributed by atoms with E-state index in [-0.39, 0.29) is 12.1 Å². The van der Waals surface area contributed by atoms with Crippen LogP contribution in [-0.2, 0) is 0 Å². The van der Waals surface area contributed by atoms with Crippen LogP contribution in [0.1, 0.15) is 18.4 Å². The summed E-state index contributed by atoms with van der Waals surface area (Å²) < 4.78 is 0. The van der Waals surface area contributed by atoms with E-state index >= 15 is 0 Å². The largest absolute Gasteiger partial charge is 0.355 e. The average Bonchev–Trinajstić information content (AvgIpc) is 2.65. The van der Waals surface area contributed by atoms with Crippen molar-refractivity contribution < 1.29 is 4.79 Å². The monoisotopic (exact) mass is 337 g/mol. The van der Waals surface area contributed by atoms with Gasteiger partial charge in [-0.25, -0.2) is 9.78 Å². The van der Waals surface area contributed by atoms with Gasteiger partial charge in [0.2, 0.25) is 0 Å². The molecule has 6 heteroatoms. The predicted molar refractivity (Wildman–Crippen MR) is 98.5 cm³/mol. The number of hydrogen-bond donors (Lipinski definition) is 0. The normalized spacial score (nSPS) is 15.0. The van der Waals surface area contributed by atoms with Crippen molar-refractivity contribution in [3.05, 3.63) is 35.9 Å². The van der Waals surface area contributed by atoms with E-state index in [0.29, 0.717) is 5.56 Å². The van der Waals surface area contributed by atoms with Gasteiger partial charge in [0.15, 0.2) is 0 Å². The second kappa shape index (κ2) is 6.98. The molecule has 25 heavy (non-hydrogen) atoms. The van der Waals surface area contributed by atoms with E-state index in [1.54, 1.807) is 19.0 Å². The van der Waals surface area contributed by atoms with E-state index in [2.05, 4.69) is 11.0 Å². The molecule has 2 aromatic rings.